The first-order valence-electron chi connectivity index (χ1n) is 12.7. The van der Waals surface area contributed by atoms with Crippen LogP contribution >= 0.6 is 0 Å². The smallest absolute Gasteiger partial charge is 0.405 e. The molecule has 0 saturated carbocycles. The zero-order valence-corrected chi connectivity index (χ0v) is 22.8. The second-order valence-corrected chi connectivity index (χ2v) is 9.93. The van der Waals surface area contributed by atoms with E-state index in [1.54, 1.807) is 32.4 Å². The Kier molecular flexibility index (Phi) is 9.58. The number of anilines is 1. The van der Waals surface area contributed by atoms with Crippen LogP contribution < -0.4 is 16.2 Å². The number of nitrogens with one attached hydrogen (secondary N) is 3. The molecule has 3 aromatic heterocycles. The number of carbonyl (C=O) groups is 3. The number of nitrogens with zero attached hydrogens (tertiary/aromatic N) is 4. The monoisotopic (exact) mass is 537 g/mol. The summed E-state index contributed by atoms with van der Waals surface area (Å²) < 4.78 is 1.44. The highest BCUT2D eigenvalue weighted by molar-refractivity contribution is 5.96. The number of fused-ring (bicyclic) bond motifs is 1. The summed E-state index contributed by atoms with van der Waals surface area (Å²) in [5.74, 6) is 0.192. The first-order chi connectivity index (χ1) is 18.4. The third-order valence-corrected chi connectivity index (χ3v) is 5.88. The minimum absolute atomic E-state index is 0.0188. The Labute approximate surface area is 226 Å². The molecule has 0 spiro atoms. The number of hydrogen-bond acceptors (Lipinski definition) is 6. The number of hydrogen-bond donors (Lipinski definition) is 4. The first-order valence-corrected chi connectivity index (χ1v) is 12.7. The van der Waals surface area contributed by atoms with Gasteiger partial charge in [0.15, 0.2) is 0 Å². The van der Waals surface area contributed by atoms with Crippen molar-refractivity contribution < 1.29 is 19.5 Å². The van der Waals surface area contributed by atoms with Crippen LogP contribution in [-0.4, -0.2) is 67.6 Å². The van der Waals surface area contributed by atoms with Crippen molar-refractivity contribution in [3.63, 3.8) is 0 Å². The molecule has 3 amide bonds. The number of carboxylic acid groups (broad SMARTS) is 1. The van der Waals surface area contributed by atoms with Crippen LogP contribution in [0.4, 0.5) is 10.5 Å². The van der Waals surface area contributed by atoms with Crippen LogP contribution in [0.2, 0.25) is 0 Å². The number of amides is 3. The van der Waals surface area contributed by atoms with Crippen molar-refractivity contribution in [1.29, 1.82) is 0 Å². The van der Waals surface area contributed by atoms with Crippen molar-refractivity contribution in [3.05, 3.63) is 64.1 Å². The number of aryl methyl sites for hydroxylation is 1. The molecule has 0 aliphatic heterocycles. The fourth-order valence-electron chi connectivity index (χ4n) is 4.05. The van der Waals surface area contributed by atoms with E-state index < -0.39 is 23.6 Å². The second kappa shape index (κ2) is 12.9. The number of H-pyrrole nitrogens is 1. The lowest BCUT2D eigenvalue weighted by atomic mass is 10.1. The first kappa shape index (κ1) is 29.1. The highest BCUT2D eigenvalue weighted by Crippen LogP contribution is 2.20. The Balaban J connectivity index is 1.77. The molecule has 3 heterocycles. The molecule has 0 aliphatic rings. The molecule has 1 atom stereocenters. The summed E-state index contributed by atoms with van der Waals surface area (Å²) in [5, 5.41) is 13.9. The van der Waals surface area contributed by atoms with Gasteiger partial charge in [-0.1, -0.05) is 19.9 Å². The van der Waals surface area contributed by atoms with Gasteiger partial charge in [-0.2, -0.15) is 0 Å². The van der Waals surface area contributed by atoms with Gasteiger partial charge in [0, 0.05) is 26.0 Å². The van der Waals surface area contributed by atoms with Crippen molar-refractivity contribution in [2.24, 2.45) is 5.92 Å². The Morgan fingerprint density at radius 3 is 2.64 bits per heavy atom. The lowest BCUT2D eigenvalue weighted by Crippen LogP contribution is -2.44. The zero-order chi connectivity index (χ0) is 28.7. The molecule has 0 bridgehead atoms. The standard InChI is InChI=1S/C27H35N7O5/c1-16(2)13-21-24-22(29-17(3)28-21)14-18(30-24)15-34-12-8-10-20(26(34)37)31-25(36)19(32-27(38)39)9-6-7-11-23(35)33(4)5/h7-8,10-12,14,16,19,30,32H,6,9,13,15H2,1-5H3,(H,31,36)(H,38,39)/b11-7+/t19-/m0/s1. The third-order valence-electron chi connectivity index (χ3n) is 5.88. The van der Waals surface area contributed by atoms with Crippen LogP contribution in [0.3, 0.4) is 0 Å². The number of carbonyl (C=O) groups excluding carboxylic acids is 2. The molecular weight excluding hydrogens is 502 g/mol. The maximum absolute atomic E-state index is 13.2. The van der Waals surface area contributed by atoms with Gasteiger partial charge in [-0.25, -0.2) is 14.8 Å². The number of aromatic nitrogens is 4. The quantitative estimate of drug-likeness (QED) is 0.273. The summed E-state index contributed by atoms with van der Waals surface area (Å²) in [6.45, 7) is 6.29. The van der Waals surface area contributed by atoms with Crippen molar-refractivity contribution >= 4 is 34.6 Å². The number of rotatable bonds is 11. The predicted octanol–water partition coefficient (Wildman–Crippen LogP) is 2.67. The van der Waals surface area contributed by atoms with E-state index in [0.29, 0.717) is 11.7 Å². The average Bonchev–Trinajstić information content (AvgIpc) is 3.25. The number of aromatic amines is 1. The molecule has 12 nitrogen and oxygen atoms in total. The van der Waals surface area contributed by atoms with Crippen molar-refractivity contribution in [2.75, 3.05) is 19.4 Å². The summed E-state index contributed by atoms with van der Waals surface area (Å²) in [6.07, 6.45) is 4.32. The molecular formula is C27H35N7O5. The average molecular weight is 538 g/mol. The van der Waals surface area contributed by atoms with Crippen LogP contribution in [0.25, 0.3) is 11.0 Å². The fraction of sp³-hybridized carbons (Fsp3) is 0.407. The van der Waals surface area contributed by atoms with E-state index in [1.165, 1.54) is 21.6 Å². The molecule has 0 unspecified atom stereocenters. The van der Waals surface area contributed by atoms with E-state index >= 15 is 0 Å². The van der Waals surface area contributed by atoms with Crippen LogP contribution in [-0.2, 0) is 22.6 Å². The molecule has 0 aromatic carbocycles. The largest absolute Gasteiger partial charge is 0.465 e. The SMILES string of the molecule is Cc1nc(CC(C)C)c2[nH]c(Cn3cccc(NC(=O)[C@H](CC/C=C/C(=O)N(C)C)NC(=O)O)c3=O)cc2n1. The highest BCUT2D eigenvalue weighted by Gasteiger charge is 2.21. The lowest BCUT2D eigenvalue weighted by molar-refractivity contribution is -0.123. The number of likely N-dealkylation sites (N-methyl/N-ethyl adjacent to an activating group) is 1. The van der Waals surface area contributed by atoms with Gasteiger partial charge in [0.05, 0.1) is 23.3 Å². The van der Waals surface area contributed by atoms with Crippen LogP contribution in [0, 0.1) is 12.8 Å². The van der Waals surface area contributed by atoms with Gasteiger partial charge < -0.3 is 30.2 Å². The van der Waals surface area contributed by atoms with Gasteiger partial charge in [0.2, 0.25) is 11.8 Å². The molecule has 0 saturated heterocycles. The normalized spacial score (nSPS) is 12.2. The van der Waals surface area contributed by atoms with E-state index in [0.717, 1.165) is 28.8 Å². The number of pyridine rings is 1. The Morgan fingerprint density at radius 1 is 1.23 bits per heavy atom. The van der Waals surface area contributed by atoms with E-state index in [9.17, 15) is 24.3 Å². The summed E-state index contributed by atoms with van der Waals surface area (Å²) in [4.78, 5) is 62.8. The van der Waals surface area contributed by atoms with Crippen molar-refractivity contribution in [1.82, 2.24) is 29.7 Å². The fourth-order valence-corrected chi connectivity index (χ4v) is 4.05. The minimum atomic E-state index is -1.37. The number of allylic oxidation sites excluding steroid dienone is 1. The second-order valence-electron chi connectivity index (χ2n) is 9.93. The van der Waals surface area contributed by atoms with Crippen molar-refractivity contribution in [3.8, 4) is 0 Å². The topological polar surface area (TPSA) is 162 Å². The molecule has 39 heavy (non-hydrogen) atoms. The molecule has 0 radical (unpaired) electrons. The molecule has 3 rings (SSSR count). The molecule has 12 heteroatoms. The Hall–Kier alpha value is -4.48. The van der Waals surface area contributed by atoms with Gasteiger partial charge >= 0.3 is 6.09 Å². The van der Waals surface area contributed by atoms with Crippen LogP contribution in [0.5, 0.6) is 0 Å². The summed E-state index contributed by atoms with van der Waals surface area (Å²) in [7, 11) is 3.22. The summed E-state index contributed by atoms with van der Waals surface area (Å²) in [6, 6.07) is 3.85. The summed E-state index contributed by atoms with van der Waals surface area (Å²) in [5.41, 5.74) is 2.86. The minimum Gasteiger partial charge on any atom is -0.465 e. The molecule has 4 N–H and O–H groups in total. The maximum Gasteiger partial charge on any atom is 0.405 e. The van der Waals surface area contributed by atoms with E-state index in [4.69, 9.17) is 0 Å². The van der Waals surface area contributed by atoms with E-state index in [1.807, 2.05) is 13.0 Å². The summed E-state index contributed by atoms with van der Waals surface area (Å²) >= 11 is 0. The van der Waals surface area contributed by atoms with Gasteiger partial charge in [0.25, 0.3) is 5.56 Å². The van der Waals surface area contributed by atoms with Gasteiger partial charge in [-0.15, -0.1) is 0 Å². The maximum atomic E-state index is 13.2. The molecule has 0 aliphatic carbocycles. The van der Waals surface area contributed by atoms with E-state index in [2.05, 4.69) is 39.4 Å². The van der Waals surface area contributed by atoms with Gasteiger partial charge in [0.1, 0.15) is 17.6 Å². The Morgan fingerprint density at radius 2 is 1.97 bits per heavy atom. The lowest BCUT2D eigenvalue weighted by Gasteiger charge is -2.16. The predicted molar refractivity (Wildman–Crippen MR) is 148 cm³/mol. The third kappa shape index (κ3) is 8.00. The van der Waals surface area contributed by atoms with Gasteiger partial charge in [-0.05, 0) is 56.4 Å². The van der Waals surface area contributed by atoms with E-state index in [-0.39, 0.29) is 31.0 Å². The van der Waals surface area contributed by atoms with Crippen molar-refractivity contribution in [2.45, 2.75) is 52.6 Å². The Bertz CT molecular complexity index is 1440. The molecule has 3 aromatic rings. The highest BCUT2D eigenvalue weighted by atomic mass is 16.4. The molecule has 208 valence electrons. The van der Waals surface area contributed by atoms with Gasteiger partial charge in [-0.3, -0.25) is 14.4 Å². The molecule has 0 fully saturated rings. The van der Waals surface area contributed by atoms with Crippen LogP contribution in [0.1, 0.15) is 43.9 Å². The zero-order valence-electron chi connectivity index (χ0n) is 22.8. The van der Waals surface area contributed by atoms with Crippen LogP contribution in [0.15, 0.2) is 41.3 Å².